The predicted octanol–water partition coefficient (Wildman–Crippen LogP) is 3.81. The number of hydrogen-bond donors (Lipinski definition) is 0. The number of ether oxygens (including phenoxy) is 1. The van der Waals surface area contributed by atoms with E-state index in [-0.39, 0.29) is 0 Å². The summed E-state index contributed by atoms with van der Waals surface area (Å²) in [4.78, 5) is 10.8. The average Bonchev–Trinajstić information content (AvgIpc) is 2.27. The molecule has 0 aliphatic carbocycles. The van der Waals surface area contributed by atoms with E-state index in [9.17, 15) is 4.79 Å². The van der Waals surface area contributed by atoms with Gasteiger partial charge in [0.15, 0.2) is 0 Å². The molecule has 92 valence electrons. The molecular weight excluding hydrogens is 236 g/mol. The summed E-state index contributed by atoms with van der Waals surface area (Å²) in [6.45, 7) is 9.23. The van der Waals surface area contributed by atoms with Gasteiger partial charge in [0.2, 0.25) is 0 Å². The van der Waals surface area contributed by atoms with Crippen molar-refractivity contribution in [2.45, 2.75) is 32.1 Å². The van der Waals surface area contributed by atoms with Crippen LogP contribution in [0.1, 0.15) is 31.9 Å². The molecule has 3 heteroatoms. The summed E-state index contributed by atoms with van der Waals surface area (Å²) in [6, 6.07) is 5.56. The van der Waals surface area contributed by atoms with Gasteiger partial charge in [0.1, 0.15) is 5.75 Å². The normalized spacial score (nSPS) is 11.1. The Balaban J connectivity index is 3.23. The molecule has 0 atom stereocenters. The van der Waals surface area contributed by atoms with Gasteiger partial charge in [0, 0.05) is 6.08 Å². The van der Waals surface area contributed by atoms with Crippen LogP contribution < -0.4 is 4.74 Å². The predicted molar refractivity (Wildman–Crippen MR) is 70.5 cm³/mol. The molecule has 0 radical (unpaired) electrons. The fraction of sp³-hybridized carbons (Fsp3) is 0.357. The van der Waals surface area contributed by atoms with Crippen LogP contribution in [0.4, 0.5) is 0 Å². The number of rotatable bonds is 4. The van der Waals surface area contributed by atoms with Crippen molar-refractivity contribution in [1.29, 1.82) is 0 Å². The second-order valence-electron chi connectivity index (χ2n) is 4.23. The third-order valence-electron chi connectivity index (χ3n) is 2.50. The van der Waals surface area contributed by atoms with Crippen LogP contribution in [0, 0.1) is 0 Å². The van der Waals surface area contributed by atoms with Gasteiger partial charge in [-0.15, -0.1) is 11.6 Å². The largest absolute Gasteiger partial charge is 0.423 e. The lowest BCUT2D eigenvalue weighted by Crippen LogP contribution is -2.13. The van der Waals surface area contributed by atoms with Crippen LogP contribution >= 0.6 is 11.6 Å². The van der Waals surface area contributed by atoms with Crippen LogP contribution in [-0.4, -0.2) is 5.97 Å². The molecule has 0 fully saturated rings. The van der Waals surface area contributed by atoms with Gasteiger partial charge in [-0.1, -0.05) is 25.6 Å². The van der Waals surface area contributed by atoms with E-state index in [1.807, 2.05) is 32.9 Å². The van der Waals surface area contributed by atoms with E-state index in [0.717, 1.165) is 23.6 Å². The fourth-order valence-corrected chi connectivity index (χ4v) is 1.91. The first-order valence-electron chi connectivity index (χ1n) is 5.55. The van der Waals surface area contributed by atoms with Crippen molar-refractivity contribution in [2.24, 2.45) is 0 Å². The number of alkyl halides is 1. The summed E-state index contributed by atoms with van der Waals surface area (Å²) in [5, 5.41) is 0. The van der Waals surface area contributed by atoms with E-state index >= 15 is 0 Å². The SMILES string of the molecule is C=CC(=O)Oc1cccc(C(C)(C)Cl)c1CC. The van der Waals surface area contributed by atoms with Crippen molar-refractivity contribution in [1.82, 2.24) is 0 Å². The van der Waals surface area contributed by atoms with Gasteiger partial charge < -0.3 is 4.74 Å². The highest BCUT2D eigenvalue weighted by Crippen LogP contribution is 2.35. The Labute approximate surface area is 107 Å². The third-order valence-corrected chi connectivity index (χ3v) is 2.71. The van der Waals surface area contributed by atoms with E-state index in [1.165, 1.54) is 0 Å². The minimum absolute atomic E-state index is 0.454. The molecule has 0 aliphatic heterocycles. The molecule has 0 unspecified atom stereocenters. The Morgan fingerprint density at radius 2 is 2.18 bits per heavy atom. The Kier molecular flexibility index (Phi) is 4.35. The maximum absolute atomic E-state index is 11.2. The fourth-order valence-electron chi connectivity index (χ4n) is 1.73. The first kappa shape index (κ1) is 13.8. The Hall–Kier alpha value is -1.28. The standard InChI is InChI=1S/C14H17ClO2/c1-5-10-11(14(3,4)15)8-7-9-12(10)17-13(16)6-2/h6-9H,2,5H2,1,3-4H3. The zero-order valence-electron chi connectivity index (χ0n) is 10.4. The monoisotopic (exact) mass is 252 g/mol. The molecule has 0 N–H and O–H groups in total. The number of carbonyl (C=O) groups excluding carboxylic acids is 1. The van der Waals surface area contributed by atoms with Crippen molar-refractivity contribution < 1.29 is 9.53 Å². The second kappa shape index (κ2) is 5.37. The first-order valence-corrected chi connectivity index (χ1v) is 5.93. The van der Waals surface area contributed by atoms with Crippen LogP contribution in [-0.2, 0) is 16.1 Å². The summed E-state index contributed by atoms with van der Waals surface area (Å²) >= 11 is 6.32. The Bertz CT molecular complexity index is 430. The number of carbonyl (C=O) groups is 1. The molecule has 1 aromatic carbocycles. The minimum Gasteiger partial charge on any atom is -0.423 e. The Morgan fingerprint density at radius 3 is 2.65 bits per heavy atom. The number of halogens is 1. The van der Waals surface area contributed by atoms with E-state index in [0.29, 0.717) is 5.75 Å². The summed E-state index contributed by atoms with van der Waals surface area (Å²) < 4.78 is 5.21. The van der Waals surface area contributed by atoms with Crippen molar-refractivity contribution in [3.05, 3.63) is 42.0 Å². The van der Waals surface area contributed by atoms with E-state index in [1.54, 1.807) is 6.07 Å². The molecule has 0 saturated carbocycles. The van der Waals surface area contributed by atoms with Crippen LogP contribution in [0.25, 0.3) is 0 Å². The van der Waals surface area contributed by atoms with Crippen molar-refractivity contribution in [2.75, 3.05) is 0 Å². The second-order valence-corrected chi connectivity index (χ2v) is 5.18. The maximum atomic E-state index is 11.2. The van der Waals surface area contributed by atoms with Gasteiger partial charge in [-0.25, -0.2) is 4.79 Å². The summed E-state index contributed by atoms with van der Waals surface area (Å²) in [5.41, 5.74) is 1.94. The van der Waals surface area contributed by atoms with Crippen LogP contribution in [0.15, 0.2) is 30.9 Å². The highest BCUT2D eigenvalue weighted by atomic mass is 35.5. The van der Waals surface area contributed by atoms with Gasteiger partial charge in [-0.05, 0) is 37.5 Å². The van der Waals surface area contributed by atoms with Gasteiger partial charge >= 0.3 is 5.97 Å². The molecule has 0 heterocycles. The minimum atomic E-state index is -0.484. The average molecular weight is 253 g/mol. The van der Waals surface area contributed by atoms with Gasteiger partial charge in [-0.3, -0.25) is 0 Å². The molecular formula is C14H17ClO2. The Morgan fingerprint density at radius 1 is 1.53 bits per heavy atom. The molecule has 0 bridgehead atoms. The third kappa shape index (κ3) is 3.34. The first-order chi connectivity index (χ1) is 7.90. The molecule has 2 nitrogen and oxygen atoms in total. The molecule has 0 aromatic heterocycles. The van der Waals surface area contributed by atoms with Gasteiger partial charge in [-0.2, -0.15) is 0 Å². The van der Waals surface area contributed by atoms with Gasteiger partial charge in [0.05, 0.1) is 4.87 Å². The van der Waals surface area contributed by atoms with Crippen LogP contribution in [0.3, 0.4) is 0 Å². The van der Waals surface area contributed by atoms with Crippen molar-refractivity contribution >= 4 is 17.6 Å². The highest BCUT2D eigenvalue weighted by molar-refractivity contribution is 6.23. The van der Waals surface area contributed by atoms with Crippen LogP contribution in [0.2, 0.25) is 0 Å². The zero-order chi connectivity index (χ0) is 13.1. The van der Waals surface area contributed by atoms with E-state index < -0.39 is 10.8 Å². The van der Waals surface area contributed by atoms with E-state index in [2.05, 4.69) is 6.58 Å². The van der Waals surface area contributed by atoms with Crippen molar-refractivity contribution in [3.8, 4) is 5.75 Å². The zero-order valence-corrected chi connectivity index (χ0v) is 11.2. The molecule has 17 heavy (non-hydrogen) atoms. The molecule has 0 saturated heterocycles. The highest BCUT2D eigenvalue weighted by Gasteiger charge is 2.22. The lowest BCUT2D eigenvalue weighted by molar-refractivity contribution is -0.129. The maximum Gasteiger partial charge on any atom is 0.335 e. The number of benzene rings is 1. The molecule has 0 spiro atoms. The lowest BCUT2D eigenvalue weighted by Gasteiger charge is -2.21. The smallest absolute Gasteiger partial charge is 0.335 e. The topological polar surface area (TPSA) is 26.3 Å². The lowest BCUT2D eigenvalue weighted by atomic mass is 9.94. The van der Waals surface area contributed by atoms with Crippen molar-refractivity contribution in [3.63, 3.8) is 0 Å². The summed E-state index contributed by atoms with van der Waals surface area (Å²) in [7, 11) is 0. The quantitative estimate of drug-likeness (QED) is 0.353. The summed E-state index contributed by atoms with van der Waals surface area (Å²) in [5.74, 6) is 0.104. The molecule has 0 aliphatic rings. The number of hydrogen-bond acceptors (Lipinski definition) is 2. The summed E-state index contributed by atoms with van der Waals surface area (Å²) in [6.07, 6.45) is 1.91. The van der Waals surface area contributed by atoms with Gasteiger partial charge in [0.25, 0.3) is 0 Å². The van der Waals surface area contributed by atoms with E-state index in [4.69, 9.17) is 16.3 Å². The molecule has 1 rings (SSSR count). The number of esters is 1. The molecule has 0 amide bonds. The molecule has 1 aromatic rings. The van der Waals surface area contributed by atoms with Crippen LogP contribution in [0.5, 0.6) is 5.75 Å².